The summed E-state index contributed by atoms with van der Waals surface area (Å²) in [5.74, 6) is 2.07. The molecule has 1 atom stereocenters. The second kappa shape index (κ2) is 6.97. The largest absolute Gasteiger partial charge is 0.465 e. The number of aromatic nitrogens is 1. The number of rotatable bonds is 5. The van der Waals surface area contributed by atoms with Gasteiger partial charge in [-0.3, -0.25) is 9.69 Å². The summed E-state index contributed by atoms with van der Waals surface area (Å²) in [7, 11) is 0. The van der Waals surface area contributed by atoms with Gasteiger partial charge in [0.2, 0.25) is 0 Å². The van der Waals surface area contributed by atoms with Crippen LogP contribution in [0.4, 0.5) is 0 Å². The van der Waals surface area contributed by atoms with Crippen LogP contribution in [0.5, 0.6) is 0 Å². The molecule has 1 saturated heterocycles. The maximum atomic E-state index is 12.2. The number of nitrogens with one attached hydrogen (secondary N) is 1. The average molecular weight is 319 g/mol. The van der Waals surface area contributed by atoms with Crippen LogP contribution in [0.2, 0.25) is 0 Å². The molecular weight excluding hydrogens is 298 g/mol. The van der Waals surface area contributed by atoms with Crippen LogP contribution in [0.25, 0.3) is 0 Å². The summed E-state index contributed by atoms with van der Waals surface area (Å²) >= 11 is 0. The van der Waals surface area contributed by atoms with E-state index in [1.54, 1.807) is 13.0 Å². The zero-order valence-electron chi connectivity index (χ0n) is 13.4. The Morgan fingerprint density at radius 2 is 2.09 bits per heavy atom. The van der Waals surface area contributed by atoms with Crippen LogP contribution in [-0.4, -0.2) is 48.8 Å². The number of carbonyl (C=O) groups is 1. The third kappa shape index (κ3) is 3.80. The number of amides is 1. The van der Waals surface area contributed by atoms with Crippen LogP contribution in [-0.2, 0) is 4.74 Å². The molecule has 1 aliphatic heterocycles. The molecule has 7 heteroatoms. The van der Waals surface area contributed by atoms with Crippen LogP contribution >= 0.6 is 0 Å². The van der Waals surface area contributed by atoms with Gasteiger partial charge in [-0.25, -0.2) is 0 Å². The Balaban J connectivity index is 1.69. The Labute approximate surface area is 134 Å². The van der Waals surface area contributed by atoms with Crippen molar-refractivity contribution < 1.29 is 18.5 Å². The van der Waals surface area contributed by atoms with Crippen molar-refractivity contribution in [1.29, 1.82) is 0 Å². The molecule has 1 fully saturated rings. The minimum atomic E-state index is -0.247. The van der Waals surface area contributed by atoms with Crippen LogP contribution in [0, 0.1) is 13.8 Å². The maximum Gasteiger partial charge on any atom is 0.273 e. The van der Waals surface area contributed by atoms with Gasteiger partial charge in [0.25, 0.3) is 5.91 Å². The Morgan fingerprint density at radius 3 is 2.70 bits per heavy atom. The number of carbonyl (C=O) groups excluding carboxylic acids is 1. The number of hydrogen-bond acceptors (Lipinski definition) is 6. The molecule has 1 amide bonds. The smallest absolute Gasteiger partial charge is 0.273 e. The van der Waals surface area contributed by atoms with Crippen molar-refractivity contribution in [3.63, 3.8) is 0 Å². The predicted octanol–water partition coefficient (Wildman–Crippen LogP) is 1.69. The second-order valence-electron chi connectivity index (χ2n) is 5.65. The number of ether oxygens (including phenoxy) is 1. The number of furan rings is 1. The minimum Gasteiger partial charge on any atom is -0.465 e. The van der Waals surface area contributed by atoms with E-state index in [4.69, 9.17) is 13.7 Å². The molecule has 3 rings (SSSR count). The average Bonchev–Trinajstić information content (AvgIpc) is 3.17. The van der Waals surface area contributed by atoms with Crippen molar-refractivity contribution in [1.82, 2.24) is 15.4 Å². The van der Waals surface area contributed by atoms with Gasteiger partial charge in [-0.2, -0.15) is 0 Å². The molecule has 2 aromatic heterocycles. The number of morpholine rings is 1. The maximum absolute atomic E-state index is 12.2. The van der Waals surface area contributed by atoms with Crippen molar-refractivity contribution in [2.75, 3.05) is 32.8 Å². The molecule has 2 aromatic rings. The predicted molar refractivity (Wildman–Crippen MR) is 82.2 cm³/mol. The number of hydrogen-bond donors (Lipinski definition) is 1. The third-order valence-corrected chi connectivity index (χ3v) is 3.89. The first-order chi connectivity index (χ1) is 11.1. The highest BCUT2D eigenvalue weighted by molar-refractivity contribution is 5.92. The van der Waals surface area contributed by atoms with E-state index in [2.05, 4.69) is 15.4 Å². The van der Waals surface area contributed by atoms with Crippen LogP contribution in [0.15, 0.2) is 27.1 Å². The zero-order chi connectivity index (χ0) is 16.2. The Kier molecular flexibility index (Phi) is 4.78. The first-order valence-corrected chi connectivity index (χ1v) is 7.73. The highest BCUT2D eigenvalue weighted by Crippen LogP contribution is 2.23. The van der Waals surface area contributed by atoms with Crippen molar-refractivity contribution in [3.05, 3.63) is 41.2 Å². The van der Waals surface area contributed by atoms with Crippen molar-refractivity contribution in [3.8, 4) is 0 Å². The normalized spacial score (nSPS) is 17.1. The molecule has 0 saturated carbocycles. The van der Waals surface area contributed by atoms with Gasteiger partial charge in [-0.15, -0.1) is 0 Å². The van der Waals surface area contributed by atoms with Crippen LogP contribution < -0.4 is 5.32 Å². The van der Waals surface area contributed by atoms with Crippen LogP contribution in [0.3, 0.4) is 0 Å². The lowest BCUT2D eigenvalue weighted by molar-refractivity contribution is 0.0116. The number of nitrogens with zero attached hydrogens (tertiary/aromatic N) is 2. The summed E-state index contributed by atoms with van der Waals surface area (Å²) in [4.78, 5) is 14.4. The first-order valence-electron chi connectivity index (χ1n) is 7.73. The van der Waals surface area contributed by atoms with Crippen molar-refractivity contribution >= 4 is 5.91 Å². The molecule has 7 nitrogen and oxygen atoms in total. The molecule has 0 unspecified atom stereocenters. The van der Waals surface area contributed by atoms with Gasteiger partial charge in [-0.05, 0) is 26.0 Å². The first kappa shape index (κ1) is 15.8. The Bertz CT molecular complexity index is 658. The lowest BCUT2D eigenvalue weighted by Gasteiger charge is -2.33. The van der Waals surface area contributed by atoms with E-state index in [1.807, 2.05) is 19.1 Å². The molecule has 0 bridgehead atoms. The van der Waals surface area contributed by atoms with E-state index in [9.17, 15) is 4.79 Å². The van der Waals surface area contributed by atoms with Gasteiger partial charge >= 0.3 is 0 Å². The van der Waals surface area contributed by atoms with Gasteiger partial charge in [-0.1, -0.05) is 5.16 Å². The van der Waals surface area contributed by atoms with Gasteiger partial charge in [0.1, 0.15) is 17.3 Å². The van der Waals surface area contributed by atoms with Crippen molar-refractivity contribution in [2.24, 2.45) is 0 Å². The fourth-order valence-corrected chi connectivity index (χ4v) is 2.68. The van der Waals surface area contributed by atoms with Gasteiger partial charge in [0, 0.05) is 25.7 Å². The highest BCUT2D eigenvalue weighted by atomic mass is 16.5. The summed E-state index contributed by atoms with van der Waals surface area (Å²) in [6, 6.07) is 5.49. The van der Waals surface area contributed by atoms with Crippen molar-refractivity contribution in [2.45, 2.75) is 19.9 Å². The zero-order valence-corrected chi connectivity index (χ0v) is 13.4. The molecule has 0 spiro atoms. The molecule has 1 N–H and O–H groups in total. The fraction of sp³-hybridized carbons (Fsp3) is 0.500. The summed E-state index contributed by atoms with van der Waals surface area (Å²) in [6.07, 6.45) is 0. The highest BCUT2D eigenvalue weighted by Gasteiger charge is 2.26. The van der Waals surface area contributed by atoms with Crippen LogP contribution in [0.1, 0.15) is 33.8 Å². The quantitative estimate of drug-likeness (QED) is 0.903. The van der Waals surface area contributed by atoms with Gasteiger partial charge in [0.15, 0.2) is 5.69 Å². The molecule has 0 aromatic carbocycles. The summed E-state index contributed by atoms with van der Waals surface area (Å²) in [5.41, 5.74) is 0.291. The summed E-state index contributed by atoms with van der Waals surface area (Å²) in [5, 5.41) is 6.65. The van der Waals surface area contributed by atoms with E-state index in [-0.39, 0.29) is 11.9 Å². The Hall–Kier alpha value is -2.12. The van der Waals surface area contributed by atoms with E-state index >= 15 is 0 Å². The lowest BCUT2D eigenvalue weighted by atomic mass is 10.1. The second-order valence-corrected chi connectivity index (χ2v) is 5.65. The van der Waals surface area contributed by atoms with Gasteiger partial charge < -0.3 is 19.0 Å². The molecule has 0 aliphatic carbocycles. The van der Waals surface area contributed by atoms with E-state index in [1.165, 1.54) is 0 Å². The summed E-state index contributed by atoms with van der Waals surface area (Å²) < 4.78 is 16.1. The van der Waals surface area contributed by atoms with Gasteiger partial charge in [0.05, 0.1) is 19.3 Å². The molecule has 1 aliphatic rings. The molecule has 0 radical (unpaired) electrons. The number of aryl methyl sites for hydroxylation is 2. The monoisotopic (exact) mass is 319 g/mol. The topological polar surface area (TPSA) is 80.7 Å². The Morgan fingerprint density at radius 1 is 1.30 bits per heavy atom. The molecule has 23 heavy (non-hydrogen) atoms. The molecular formula is C16H21N3O4. The minimum absolute atomic E-state index is 0.0236. The fourth-order valence-electron chi connectivity index (χ4n) is 2.68. The standard InChI is InChI=1S/C16H21N3O4/c1-11-3-4-15(22-11)14(19-5-7-21-8-6-19)10-17-16(20)13-9-12(2)23-18-13/h3-4,9,14H,5-8,10H2,1-2H3,(H,17,20)/t14-/m1/s1. The molecule has 124 valence electrons. The molecule has 3 heterocycles. The van der Waals surface area contributed by atoms with E-state index in [0.717, 1.165) is 24.6 Å². The SMILES string of the molecule is Cc1cc(C(=O)NC[C@H](c2ccc(C)o2)N2CCOCC2)no1. The lowest BCUT2D eigenvalue weighted by Crippen LogP contribution is -2.43. The van der Waals surface area contributed by atoms with E-state index in [0.29, 0.717) is 31.2 Å². The van der Waals surface area contributed by atoms with E-state index < -0.39 is 0 Å². The third-order valence-electron chi connectivity index (χ3n) is 3.89. The summed E-state index contributed by atoms with van der Waals surface area (Å²) in [6.45, 7) is 7.10.